The van der Waals surface area contributed by atoms with Crippen molar-refractivity contribution in [1.82, 2.24) is 5.32 Å². The van der Waals surface area contributed by atoms with Gasteiger partial charge in [-0.15, -0.1) is 0 Å². The molecule has 1 unspecified atom stereocenters. The highest BCUT2D eigenvalue weighted by molar-refractivity contribution is 5.45. The Kier molecular flexibility index (Phi) is 4.44. The minimum Gasteiger partial charge on any atom is -0.487 e. The van der Waals surface area contributed by atoms with E-state index in [0.717, 1.165) is 51.3 Å². The van der Waals surface area contributed by atoms with Crippen molar-refractivity contribution in [3.05, 3.63) is 29.3 Å². The Labute approximate surface area is 132 Å². The molecule has 1 aromatic carbocycles. The summed E-state index contributed by atoms with van der Waals surface area (Å²) < 4.78 is 11.7. The molecule has 4 heteroatoms. The smallest absolute Gasteiger partial charge is 0.127 e. The van der Waals surface area contributed by atoms with Crippen LogP contribution in [0.25, 0.3) is 0 Å². The Bertz CT molecular complexity index is 521. The quantitative estimate of drug-likeness (QED) is 0.846. The molecule has 2 aliphatic rings. The highest BCUT2D eigenvalue weighted by Crippen LogP contribution is 2.37. The molecule has 1 atom stereocenters. The van der Waals surface area contributed by atoms with Crippen LogP contribution >= 0.6 is 0 Å². The number of aliphatic hydroxyl groups is 1. The first-order valence-corrected chi connectivity index (χ1v) is 8.23. The molecule has 122 valence electrons. The normalized spacial score (nSPS) is 26.0. The van der Waals surface area contributed by atoms with Crippen LogP contribution in [0.2, 0.25) is 0 Å². The second-order valence-electron chi connectivity index (χ2n) is 7.32. The lowest BCUT2D eigenvalue weighted by Crippen LogP contribution is -2.35. The van der Waals surface area contributed by atoms with Crippen molar-refractivity contribution >= 4 is 0 Å². The zero-order chi connectivity index (χ0) is 15.6. The first-order valence-electron chi connectivity index (χ1n) is 8.23. The average Bonchev–Trinajstić information content (AvgIpc) is 3.03. The SMILES string of the molecule is CC1(C)Cc2cccc(CNCC3(CCO)CCOC3)c2O1. The van der Waals surface area contributed by atoms with Crippen LogP contribution in [0.1, 0.15) is 37.8 Å². The number of nitrogens with one attached hydrogen (secondary N) is 1. The number of fused-ring (bicyclic) bond motifs is 1. The number of aliphatic hydroxyl groups excluding tert-OH is 1. The molecule has 3 rings (SSSR count). The van der Waals surface area contributed by atoms with Gasteiger partial charge in [-0.1, -0.05) is 18.2 Å². The largest absolute Gasteiger partial charge is 0.487 e. The van der Waals surface area contributed by atoms with Gasteiger partial charge in [-0.05, 0) is 32.3 Å². The summed E-state index contributed by atoms with van der Waals surface area (Å²) >= 11 is 0. The Balaban J connectivity index is 1.62. The molecule has 1 aromatic rings. The van der Waals surface area contributed by atoms with Gasteiger partial charge in [-0.25, -0.2) is 0 Å². The van der Waals surface area contributed by atoms with Gasteiger partial charge in [0.25, 0.3) is 0 Å². The Hall–Kier alpha value is -1.10. The predicted octanol–water partition coefficient (Wildman–Crippen LogP) is 2.28. The van der Waals surface area contributed by atoms with Gasteiger partial charge in [-0.3, -0.25) is 0 Å². The van der Waals surface area contributed by atoms with Crippen molar-refractivity contribution in [1.29, 1.82) is 0 Å². The number of hydrogen-bond donors (Lipinski definition) is 2. The fourth-order valence-corrected chi connectivity index (χ4v) is 3.59. The zero-order valence-electron chi connectivity index (χ0n) is 13.7. The maximum Gasteiger partial charge on any atom is 0.127 e. The van der Waals surface area contributed by atoms with Gasteiger partial charge in [0.15, 0.2) is 0 Å². The average molecular weight is 305 g/mol. The minimum atomic E-state index is -0.101. The molecule has 0 spiro atoms. The van der Waals surface area contributed by atoms with Gasteiger partial charge in [-0.2, -0.15) is 0 Å². The van der Waals surface area contributed by atoms with E-state index in [4.69, 9.17) is 9.47 Å². The summed E-state index contributed by atoms with van der Waals surface area (Å²) in [6.07, 6.45) is 2.80. The molecule has 2 N–H and O–H groups in total. The lowest BCUT2D eigenvalue weighted by Gasteiger charge is -2.27. The van der Waals surface area contributed by atoms with E-state index >= 15 is 0 Å². The second kappa shape index (κ2) is 6.19. The third-order valence-corrected chi connectivity index (χ3v) is 4.82. The molecule has 1 fully saturated rings. The second-order valence-corrected chi connectivity index (χ2v) is 7.32. The first kappa shape index (κ1) is 15.8. The van der Waals surface area contributed by atoms with Crippen molar-refractivity contribution < 1.29 is 14.6 Å². The fourth-order valence-electron chi connectivity index (χ4n) is 3.59. The van der Waals surface area contributed by atoms with Crippen molar-refractivity contribution in [3.8, 4) is 5.75 Å². The summed E-state index contributed by atoms with van der Waals surface area (Å²) in [5.41, 5.74) is 2.52. The van der Waals surface area contributed by atoms with Crippen molar-refractivity contribution in [3.63, 3.8) is 0 Å². The molecule has 0 aliphatic carbocycles. The van der Waals surface area contributed by atoms with Gasteiger partial charge in [0.1, 0.15) is 11.4 Å². The Morgan fingerprint density at radius 3 is 2.91 bits per heavy atom. The lowest BCUT2D eigenvalue weighted by molar-refractivity contribution is 0.123. The number of rotatable bonds is 6. The van der Waals surface area contributed by atoms with Crippen LogP contribution in [0.15, 0.2) is 18.2 Å². The molecule has 22 heavy (non-hydrogen) atoms. The van der Waals surface area contributed by atoms with Crippen LogP contribution in [0.4, 0.5) is 0 Å². The van der Waals surface area contributed by atoms with Crippen LogP contribution in [-0.2, 0) is 17.7 Å². The van der Waals surface area contributed by atoms with E-state index in [-0.39, 0.29) is 17.6 Å². The van der Waals surface area contributed by atoms with Gasteiger partial charge in [0, 0.05) is 43.7 Å². The number of ether oxygens (including phenoxy) is 2. The van der Waals surface area contributed by atoms with Crippen LogP contribution in [-0.4, -0.2) is 37.1 Å². The Morgan fingerprint density at radius 1 is 1.32 bits per heavy atom. The molecule has 0 amide bonds. The molecular weight excluding hydrogens is 278 g/mol. The summed E-state index contributed by atoms with van der Waals surface area (Å²) in [5.74, 6) is 1.05. The predicted molar refractivity (Wildman–Crippen MR) is 86.1 cm³/mol. The molecule has 0 bridgehead atoms. The van der Waals surface area contributed by atoms with Gasteiger partial charge in [0.2, 0.25) is 0 Å². The summed E-state index contributed by atoms with van der Waals surface area (Å²) in [4.78, 5) is 0. The van der Waals surface area contributed by atoms with Crippen molar-refractivity contribution in [2.24, 2.45) is 5.41 Å². The zero-order valence-corrected chi connectivity index (χ0v) is 13.7. The standard InChI is InChI=1S/C18H27NO3/c1-17(2)10-14-4-3-5-15(16(14)22-17)11-19-12-18(6-8-20)7-9-21-13-18/h3-5,19-20H,6-13H2,1-2H3. The van der Waals surface area contributed by atoms with Crippen LogP contribution in [0.5, 0.6) is 5.75 Å². The van der Waals surface area contributed by atoms with E-state index in [0.29, 0.717) is 0 Å². The van der Waals surface area contributed by atoms with Gasteiger partial charge >= 0.3 is 0 Å². The molecule has 0 aromatic heterocycles. The highest BCUT2D eigenvalue weighted by atomic mass is 16.5. The van der Waals surface area contributed by atoms with E-state index < -0.39 is 0 Å². The lowest BCUT2D eigenvalue weighted by atomic mass is 9.84. The summed E-state index contributed by atoms with van der Waals surface area (Å²) in [6, 6.07) is 6.41. The van der Waals surface area contributed by atoms with Gasteiger partial charge < -0.3 is 19.9 Å². The molecule has 2 aliphatic heterocycles. The van der Waals surface area contributed by atoms with Crippen LogP contribution in [0.3, 0.4) is 0 Å². The monoisotopic (exact) mass is 305 g/mol. The van der Waals surface area contributed by atoms with E-state index in [9.17, 15) is 5.11 Å². The van der Waals surface area contributed by atoms with E-state index in [1.54, 1.807) is 0 Å². The molecule has 0 radical (unpaired) electrons. The molecule has 2 heterocycles. The van der Waals surface area contributed by atoms with E-state index in [2.05, 4.69) is 37.4 Å². The summed E-state index contributed by atoms with van der Waals surface area (Å²) in [5, 5.41) is 12.8. The third kappa shape index (κ3) is 3.29. The van der Waals surface area contributed by atoms with Crippen LogP contribution < -0.4 is 10.1 Å². The maximum atomic E-state index is 9.29. The molecule has 4 nitrogen and oxygen atoms in total. The number of hydrogen-bond acceptors (Lipinski definition) is 4. The fraction of sp³-hybridized carbons (Fsp3) is 0.667. The number of benzene rings is 1. The minimum absolute atomic E-state index is 0.0901. The Morgan fingerprint density at radius 2 is 2.18 bits per heavy atom. The maximum absolute atomic E-state index is 9.29. The summed E-state index contributed by atoms with van der Waals surface area (Å²) in [7, 11) is 0. The number of para-hydroxylation sites is 1. The topological polar surface area (TPSA) is 50.7 Å². The third-order valence-electron chi connectivity index (χ3n) is 4.82. The van der Waals surface area contributed by atoms with Crippen LogP contribution in [0, 0.1) is 5.41 Å². The van der Waals surface area contributed by atoms with E-state index in [1.807, 2.05) is 0 Å². The first-order chi connectivity index (χ1) is 10.5. The van der Waals surface area contributed by atoms with E-state index in [1.165, 1.54) is 11.1 Å². The highest BCUT2D eigenvalue weighted by Gasteiger charge is 2.34. The molecule has 0 saturated carbocycles. The van der Waals surface area contributed by atoms with Crippen molar-refractivity contribution in [2.45, 2.75) is 45.3 Å². The molecule has 1 saturated heterocycles. The van der Waals surface area contributed by atoms with Crippen molar-refractivity contribution in [2.75, 3.05) is 26.4 Å². The van der Waals surface area contributed by atoms with Gasteiger partial charge in [0.05, 0.1) is 6.61 Å². The summed E-state index contributed by atoms with van der Waals surface area (Å²) in [6.45, 7) is 7.72. The molecular formula is C18H27NO3.